The molecule has 7 nitrogen and oxygen atoms in total. The number of anilines is 1. The maximum absolute atomic E-state index is 11.2. The maximum Gasteiger partial charge on any atom is 0.316 e. The Morgan fingerprint density at radius 3 is 2.52 bits per heavy atom. The van der Waals surface area contributed by atoms with Crippen LogP contribution in [0.15, 0.2) is 24.3 Å². The SMILES string of the molecule is Cc1nc(N)nc(-c2ccc(OC3CC3)cc2)c1[N+](=O)[O-]. The average molecular weight is 286 g/mol. The third kappa shape index (κ3) is 2.76. The highest BCUT2D eigenvalue weighted by Gasteiger charge is 2.24. The van der Waals surface area contributed by atoms with Crippen LogP contribution in [0.3, 0.4) is 0 Å². The minimum absolute atomic E-state index is 0.0198. The summed E-state index contributed by atoms with van der Waals surface area (Å²) in [6.07, 6.45) is 2.46. The van der Waals surface area contributed by atoms with E-state index in [0.717, 1.165) is 18.6 Å². The molecule has 0 unspecified atom stereocenters. The fourth-order valence-corrected chi connectivity index (χ4v) is 2.08. The molecule has 1 aliphatic rings. The summed E-state index contributed by atoms with van der Waals surface area (Å²) in [6, 6.07) is 7.05. The minimum atomic E-state index is -0.487. The van der Waals surface area contributed by atoms with Crippen LogP contribution in [0.5, 0.6) is 5.75 Å². The van der Waals surface area contributed by atoms with Gasteiger partial charge in [-0.05, 0) is 44.0 Å². The van der Waals surface area contributed by atoms with Gasteiger partial charge in [-0.2, -0.15) is 0 Å². The average Bonchev–Trinajstić information content (AvgIpc) is 3.22. The lowest BCUT2D eigenvalue weighted by atomic mass is 10.1. The fourth-order valence-electron chi connectivity index (χ4n) is 2.08. The van der Waals surface area contributed by atoms with Crippen LogP contribution < -0.4 is 10.5 Å². The van der Waals surface area contributed by atoms with Crippen molar-refractivity contribution in [2.45, 2.75) is 25.9 Å². The van der Waals surface area contributed by atoms with Crippen molar-refractivity contribution >= 4 is 11.6 Å². The highest BCUT2D eigenvalue weighted by molar-refractivity contribution is 5.72. The largest absolute Gasteiger partial charge is 0.490 e. The summed E-state index contributed by atoms with van der Waals surface area (Å²) in [7, 11) is 0. The van der Waals surface area contributed by atoms with Crippen molar-refractivity contribution in [3.8, 4) is 17.0 Å². The van der Waals surface area contributed by atoms with Gasteiger partial charge in [0.1, 0.15) is 11.4 Å². The van der Waals surface area contributed by atoms with Crippen molar-refractivity contribution in [1.29, 1.82) is 0 Å². The molecule has 0 radical (unpaired) electrons. The third-order valence-electron chi connectivity index (χ3n) is 3.21. The summed E-state index contributed by atoms with van der Waals surface area (Å²) < 4.78 is 5.65. The number of nitrogens with two attached hydrogens (primary N) is 1. The zero-order valence-electron chi connectivity index (χ0n) is 11.4. The highest BCUT2D eigenvalue weighted by atomic mass is 16.6. The highest BCUT2D eigenvalue weighted by Crippen LogP contribution is 2.33. The first kappa shape index (κ1) is 13.3. The van der Waals surface area contributed by atoms with E-state index in [0.29, 0.717) is 11.7 Å². The summed E-state index contributed by atoms with van der Waals surface area (Å²) in [4.78, 5) is 18.6. The molecule has 1 aromatic heterocycles. The van der Waals surface area contributed by atoms with Gasteiger partial charge in [0.2, 0.25) is 5.95 Å². The molecule has 1 aromatic carbocycles. The van der Waals surface area contributed by atoms with Crippen LogP contribution in [0.4, 0.5) is 11.6 Å². The first-order chi connectivity index (χ1) is 10.0. The van der Waals surface area contributed by atoms with Gasteiger partial charge in [0.25, 0.3) is 0 Å². The molecule has 108 valence electrons. The van der Waals surface area contributed by atoms with E-state index in [1.165, 1.54) is 0 Å². The van der Waals surface area contributed by atoms with E-state index in [1.54, 1.807) is 31.2 Å². The molecule has 0 atom stereocenters. The number of aryl methyl sites for hydroxylation is 1. The summed E-state index contributed by atoms with van der Waals surface area (Å²) >= 11 is 0. The van der Waals surface area contributed by atoms with Crippen LogP contribution in [0, 0.1) is 17.0 Å². The van der Waals surface area contributed by atoms with Gasteiger partial charge < -0.3 is 10.5 Å². The summed E-state index contributed by atoms with van der Waals surface area (Å²) in [5.41, 5.74) is 6.56. The Labute approximate surface area is 120 Å². The van der Waals surface area contributed by atoms with Crippen LogP contribution in [-0.2, 0) is 0 Å². The van der Waals surface area contributed by atoms with Gasteiger partial charge in [-0.1, -0.05) is 0 Å². The molecule has 0 aliphatic heterocycles. The second kappa shape index (κ2) is 5.01. The lowest BCUT2D eigenvalue weighted by molar-refractivity contribution is -0.385. The van der Waals surface area contributed by atoms with Gasteiger partial charge in [0.05, 0.1) is 11.0 Å². The number of rotatable bonds is 4. The van der Waals surface area contributed by atoms with E-state index in [-0.39, 0.29) is 23.0 Å². The molecule has 2 N–H and O–H groups in total. The van der Waals surface area contributed by atoms with Gasteiger partial charge >= 0.3 is 5.69 Å². The van der Waals surface area contributed by atoms with Crippen molar-refractivity contribution in [2.24, 2.45) is 0 Å². The molecule has 7 heteroatoms. The molecule has 1 heterocycles. The number of hydrogen-bond acceptors (Lipinski definition) is 6. The maximum atomic E-state index is 11.2. The molecule has 1 aliphatic carbocycles. The van der Waals surface area contributed by atoms with Gasteiger partial charge in [0.15, 0.2) is 5.69 Å². The van der Waals surface area contributed by atoms with Crippen LogP contribution >= 0.6 is 0 Å². The first-order valence-corrected chi connectivity index (χ1v) is 6.60. The Kier molecular flexibility index (Phi) is 3.17. The number of nitrogens with zero attached hydrogens (tertiary/aromatic N) is 3. The second-order valence-electron chi connectivity index (χ2n) is 4.96. The molecule has 1 fully saturated rings. The summed E-state index contributed by atoms with van der Waals surface area (Å²) in [5, 5.41) is 11.2. The molecule has 0 bridgehead atoms. The van der Waals surface area contributed by atoms with Crippen LogP contribution in [0.2, 0.25) is 0 Å². The number of aromatic nitrogens is 2. The lowest BCUT2D eigenvalue weighted by Gasteiger charge is -2.07. The standard InChI is InChI=1S/C14H14N4O3/c1-8-13(18(19)20)12(17-14(15)16-8)9-2-4-10(5-3-9)21-11-6-7-11/h2-5,11H,6-7H2,1H3,(H2,15,16,17). The zero-order valence-corrected chi connectivity index (χ0v) is 11.4. The number of benzene rings is 1. The summed E-state index contributed by atoms with van der Waals surface area (Å²) in [6.45, 7) is 1.55. The topological polar surface area (TPSA) is 104 Å². The summed E-state index contributed by atoms with van der Waals surface area (Å²) in [5.74, 6) is 0.772. The molecule has 1 saturated carbocycles. The van der Waals surface area contributed by atoms with Crippen molar-refractivity contribution in [3.05, 3.63) is 40.1 Å². The van der Waals surface area contributed by atoms with Crippen LogP contribution in [0.25, 0.3) is 11.3 Å². The fraction of sp³-hybridized carbons (Fsp3) is 0.286. The monoisotopic (exact) mass is 286 g/mol. The number of hydrogen-bond donors (Lipinski definition) is 1. The lowest BCUT2D eigenvalue weighted by Crippen LogP contribution is -2.04. The zero-order chi connectivity index (χ0) is 15.0. The third-order valence-corrected chi connectivity index (χ3v) is 3.21. The predicted molar refractivity (Wildman–Crippen MR) is 76.9 cm³/mol. The quantitative estimate of drug-likeness (QED) is 0.684. The van der Waals surface area contributed by atoms with Gasteiger partial charge in [-0.3, -0.25) is 10.1 Å². The van der Waals surface area contributed by atoms with E-state index in [4.69, 9.17) is 10.5 Å². The molecule has 0 amide bonds. The molecule has 2 aromatic rings. The van der Waals surface area contributed by atoms with E-state index in [1.807, 2.05) is 0 Å². The van der Waals surface area contributed by atoms with E-state index < -0.39 is 4.92 Å². The van der Waals surface area contributed by atoms with Crippen molar-refractivity contribution in [2.75, 3.05) is 5.73 Å². The minimum Gasteiger partial charge on any atom is -0.490 e. The van der Waals surface area contributed by atoms with Crippen molar-refractivity contribution < 1.29 is 9.66 Å². The van der Waals surface area contributed by atoms with Gasteiger partial charge in [-0.25, -0.2) is 9.97 Å². The Balaban J connectivity index is 2.00. The van der Waals surface area contributed by atoms with Crippen molar-refractivity contribution in [1.82, 2.24) is 9.97 Å². The molecular weight excluding hydrogens is 272 g/mol. The van der Waals surface area contributed by atoms with Gasteiger partial charge in [-0.15, -0.1) is 0 Å². The molecular formula is C14H14N4O3. The number of ether oxygens (including phenoxy) is 1. The Morgan fingerprint density at radius 2 is 1.95 bits per heavy atom. The number of nitro groups is 1. The second-order valence-corrected chi connectivity index (χ2v) is 4.96. The van der Waals surface area contributed by atoms with Crippen molar-refractivity contribution in [3.63, 3.8) is 0 Å². The van der Waals surface area contributed by atoms with E-state index >= 15 is 0 Å². The van der Waals surface area contributed by atoms with Gasteiger partial charge in [0, 0.05) is 5.56 Å². The predicted octanol–water partition coefficient (Wildman–Crippen LogP) is 2.48. The molecule has 0 spiro atoms. The Morgan fingerprint density at radius 1 is 1.29 bits per heavy atom. The Bertz CT molecular complexity index is 696. The van der Waals surface area contributed by atoms with Crippen LogP contribution in [0.1, 0.15) is 18.5 Å². The van der Waals surface area contributed by atoms with E-state index in [9.17, 15) is 10.1 Å². The number of nitrogen functional groups attached to an aromatic ring is 1. The molecule has 21 heavy (non-hydrogen) atoms. The normalized spacial score (nSPS) is 14.0. The smallest absolute Gasteiger partial charge is 0.316 e. The molecule has 0 saturated heterocycles. The van der Waals surface area contributed by atoms with E-state index in [2.05, 4.69) is 9.97 Å². The molecule has 3 rings (SSSR count). The Hall–Kier alpha value is -2.70. The first-order valence-electron chi connectivity index (χ1n) is 6.60. The van der Waals surface area contributed by atoms with Crippen LogP contribution in [-0.4, -0.2) is 21.0 Å².